The minimum atomic E-state index is -3.20. The smallest absolute Gasteiger partial charge is 0.410 e. The molecule has 0 atom stereocenters. The van der Waals surface area contributed by atoms with Crippen LogP contribution in [0, 0.1) is 0 Å². The second kappa shape index (κ2) is 6.20. The van der Waals surface area contributed by atoms with Crippen LogP contribution in [-0.2, 0) is 14.8 Å². The van der Waals surface area contributed by atoms with E-state index in [4.69, 9.17) is 4.74 Å². The predicted octanol–water partition coefficient (Wildman–Crippen LogP) is 0.793. The summed E-state index contributed by atoms with van der Waals surface area (Å²) in [7, 11) is -1.64. The minimum Gasteiger partial charge on any atom is -0.444 e. The molecular formula is C10H22N2O4S. The molecule has 0 aromatic carbocycles. The van der Waals surface area contributed by atoms with Gasteiger partial charge in [0.05, 0.1) is 5.75 Å². The first-order chi connectivity index (χ1) is 7.57. The van der Waals surface area contributed by atoms with Gasteiger partial charge in [0.15, 0.2) is 0 Å². The zero-order valence-electron chi connectivity index (χ0n) is 11.1. The fourth-order valence-electron chi connectivity index (χ4n) is 0.902. The molecule has 0 aliphatic heterocycles. The summed E-state index contributed by atoms with van der Waals surface area (Å²) in [6.07, 6.45) is -0.465. The van der Waals surface area contributed by atoms with Crippen LogP contribution in [0.2, 0.25) is 0 Å². The summed E-state index contributed by atoms with van der Waals surface area (Å²) in [4.78, 5) is 12.8. The molecule has 0 saturated carbocycles. The monoisotopic (exact) mass is 266 g/mol. The Labute approximate surface area is 103 Å². The molecule has 0 fully saturated rings. The lowest BCUT2D eigenvalue weighted by molar-refractivity contribution is 0.0302. The van der Waals surface area contributed by atoms with Crippen molar-refractivity contribution in [2.75, 3.05) is 25.9 Å². The highest BCUT2D eigenvalue weighted by molar-refractivity contribution is 7.89. The van der Waals surface area contributed by atoms with Gasteiger partial charge >= 0.3 is 6.09 Å². The van der Waals surface area contributed by atoms with Gasteiger partial charge in [-0.05, 0) is 27.7 Å². The molecule has 17 heavy (non-hydrogen) atoms. The molecule has 0 radical (unpaired) electrons. The minimum absolute atomic E-state index is 0.0309. The maximum absolute atomic E-state index is 11.5. The molecule has 0 aromatic rings. The molecule has 0 heterocycles. The number of carbonyl (C=O) groups is 1. The number of hydrogen-bond donors (Lipinski definition) is 1. The van der Waals surface area contributed by atoms with Gasteiger partial charge in [-0.15, -0.1) is 0 Å². The largest absolute Gasteiger partial charge is 0.444 e. The number of nitrogens with one attached hydrogen (secondary N) is 1. The predicted molar refractivity (Wildman–Crippen MR) is 66.3 cm³/mol. The molecule has 7 heteroatoms. The van der Waals surface area contributed by atoms with Gasteiger partial charge in [0.1, 0.15) is 5.60 Å². The Morgan fingerprint density at radius 1 is 1.35 bits per heavy atom. The molecule has 1 N–H and O–H groups in total. The third-order valence-electron chi connectivity index (χ3n) is 1.85. The van der Waals surface area contributed by atoms with Crippen LogP contribution < -0.4 is 4.72 Å². The van der Waals surface area contributed by atoms with Gasteiger partial charge in [-0.2, -0.15) is 0 Å². The number of ether oxygens (including phenoxy) is 1. The SMILES string of the molecule is CCS(=O)(=O)NCCN(C)C(=O)OC(C)(C)C. The van der Waals surface area contributed by atoms with Crippen LogP contribution in [0.3, 0.4) is 0 Å². The summed E-state index contributed by atoms with van der Waals surface area (Å²) in [6, 6.07) is 0. The van der Waals surface area contributed by atoms with E-state index < -0.39 is 21.7 Å². The first-order valence-corrected chi connectivity index (χ1v) is 7.14. The van der Waals surface area contributed by atoms with Crippen molar-refractivity contribution in [3.8, 4) is 0 Å². The molecule has 102 valence electrons. The fourth-order valence-corrected chi connectivity index (χ4v) is 1.51. The topological polar surface area (TPSA) is 75.7 Å². The van der Waals surface area contributed by atoms with Crippen molar-refractivity contribution in [2.24, 2.45) is 0 Å². The Balaban J connectivity index is 4.03. The van der Waals surface area contributed by atoms with E-state index in [0.717, 1.165) is 0 Å². The van der Waals surface area contributed by atoms with Crippen LogP contribution in [0.1, 0.15) is 27.7 Å². The van der Waals surface area contributed by atoms with Crippen LogP contribution >= 0.6 is 0 Å². The van der Waals surface area contributed by atoms with E-state index in [-0.39, 0.29) is 18.8 Å². The quantitative estimate of drug-likeness (QED) is 0.798. The van der Waals surface area contributed by atoms with E-state index in [0.29, 0.717) is 0 Å². The van der Waals surface area contributed by atoms with Crippen LogP contribution in [0.15, 0.2) is 0 Å². The maximum atomic E-state index is 11.5. The van der Waals surface area contributed by atoms with Crippen LogP contribution in [0.25, 0.3) is 0 Å². The molecule has 0 aliphatic carbocycles. The number of hydrogen-bond acceptors (Lipinski definition) is 4. The van der Waals surface area contributed by atoms with Gasteiger partial charge < -0.3 is 9.64 Å². The third-order valence-corrected chi connectivity index (χ3v) is 3.26. The summed E-state index contributed by atoms with van der Waals surface area (Å²) in [6.45, 7) is 7.34. The lowest BCUT2D eigenvalue weighted by atomic mass is 10.2. The van der Waals surface area contributed by atoms with Crippen LogP contribution in [0.5, 0.6) is 0 Å². The zero-order valence-corrected chi connectivity index (χ0v) is 11.9. The lowest BCUT2D eigenvalue weighted by Gasteiger charge is -2.24. The standard InChI is InChI=1S/C10H22N2O4S/c1-6-17(14,15)11-7-8-12(5)9(13)16-10(2,3)4/h11H,6-8H2,1-5H3. The second-order valence-electron chi connectivity index (χ2n) is 4.70. The van der Waals surface area contributed by atoms with Crippen LogP contribution in [-0.4, -0.2) is 50.9 Å². The Morgan fingerprint density at radius 2 is 1.88 bits per heavy atom. The maximum Gasteiger partial charge on any atom is 0.410 e. The summed E-state index contributed by atoms with van der Waals surface area (Å²) < 4.78 is 29.8. The zero-order chi connectivity index (χ0) is 13.7. The number of sulfonamides is 1. The molecule has 0 saturated heterocycles. The Morgan fingerprint density at radius 3 is 2.29 bits per heavy atom. The molecule has 0 aliphatic rings. The average Bonchev–Trinajstić information content (AvgIpc) is 2.14. The Hall–Kier alpha value is -0.820. The fraction of sp³-hybridized carbons (Fsp3) is 0.900. The normalized spacial score (nSPS) is 12.3. The Bertz CT molecular complexity index is 346. The van der Waals surface area contributed by atoms with E-state index in [1.54, 1.807) is 34.7 Å². The Kier molecular flexibility index (Phi) is 5.91. The first-order valence-electron chi connectivity index (χ1n) is 5.49. The molecular weight excluding hydrogens is 244 g/mol. The average molecular weight is 266 g/mol. The summed E-state index contributed by atoms with van der Waals surface area (Å²) >= 11 is 0. The highest BCUT2D eigenvalue weighted by Crippen LogP contribution is 2.08. The second-order valence-corrected chi connectivity index (χ2v) is 6.80. The van der Waals surface area contributed by atoms with Crippen LogP contribution in [0.4, 0.5) is 4.79 Å². The molecule has 0 unspecified atom stereocenters. The molecule has 1 amide bonds. The van der Waals surface area contributed by atoms with E-state index in [9.17, 15) is 13.2 Å². The number of nitrogens with zero attached hydrogens (tertiary/aromatic N) is 1. The van der Waals surface area contributed by atoms with Crippen molar-refractivity contribution >= 4 is 16.1 Å². The highest BCUT2D eigenvalue weighted by Gasteiger charge is 2.19. The van der Waals surface area contributed by atoms with Crippen molar-refractivity contribution in [2.45, 2.75) is 33.3 Å². The van der Waals surface area contributed by atoms with Gasteiger partial charge in [-0.3, -0.25) is 0 Å². The van der Waals surface area contributed by atoms with Crippen molar-refractivity contribution in [3.05, 3.63) is 0 Å². The van der Waals surface area contributed by atoms with Gasteiger partial charge in [0.25, 0.3) is 0 Å². The molecule has 0 rings (SSSR count). The molecule has 6 nitrogen and oxygen atoms in total. The number of rotatable bonds is 5. The van der Waals surface area contributed by atoms with Crippen molar-refractivity contribution in [1.29, 1.82) is 0 Å². The van der Waals surface area contributed by atoms with Crippen molar-refractivity contribution in [3.63, 3.8) is 0 Å². The van der Waals surface area contributed by atoms with E-state index in [1.807, 2.05) is 0 Å². The van der Waals surface area contributed by atoms with E-state index in [2.05, 4.69) is 4.72 Å². The van der Waals surface area contributed by atoms with Crippen molar-refractivity contribution < 1.29 is 17.9 Å². The van der Waals surface area contributed by atoms with E-state index >= 15 is 0 Å². The summed E-state index contributed by atoms with van der Waals surface area (Å²) in [5.41, 5.74) is -0.547. The molecule has 0 bridgehead atoms. The number of likely N-dealkylation sites (N-methyl/N-ethyl adjacent to an activating group) is 1. The third kappa shape index (κ3) is 7.98. The summed E-state index contributed by atoms with van der Waals surface area (Å²) in [5.74, 6) is 0.0309. The molecule has 0 spiro atoms. The lowest BCUT2D eigenvalue weighted by Crippen LogP contribution is -2.39. The van der Waals surface area contributed by atoms with Gasteiger partial charge in [0, 0.05) is 20.1 Å². The van der Waals surface area contributed by atoms with Gasteiger partial charge in [-0.1, -0.05) is 0 Å². The highest BCUT2D eigenvalue weighted by atomic mass is 32.2. The number of amides is 1. The van der Waals surface area contributed by atoms with Gasteiger partial charge in [-0.25, -0.2) is 17.9 Å². The first kappa shape index (κ1) is 16.2. The summed E-state index contributed by atoms with van der Waals surface area (Å²) in [5, 5.41) is 0. The van der Waals surface area contributed by atoms with Crippen molar-refractivity contribution in [1.82, 2.24) is 9.62 Å². The number of carbonyl (C=O) groups excluding carboxylic acids is 1. The molecule has 0 aromatic heterocycles. The van der Waals surface area contributed by atoms with Gasteiger partial charge in [0.2, 0.25) is 10.0 Å². The van der Waals surface area contributed by atoms with E-state index in [1.165, 1.54) is 4.90 Å².